The number of aliphatic hydroxyl groups is 1. The van der Waals surface area contributed by atoms with Crippen LogP contribution in [0.1, 0.15) is 29.3 Å². The van der Waals surface area contributed by atoms with Gasteiger partial charge in [-0.3, -0.25) is 10.0 Å². The molecule has 176 valence electrons. The molecule has 2 aliphatic rings. The third-order valence-electron chi connectivity index (χ3n) is 6.38. The number of aromatic nitrogens is 2. The molecular formula is C26H28FN5O2. The number of rotatable bonds is 4. The maximum atomic E-state index is 13.5. The molecule has 1 N–H and O–H groups in total. The molecule has 1 saturated heterocycles. The zero-order valence-corrected chi connectivity index (χ0v) is 19.5. The fourth-order valence-corrected chi connectivity index (χ4v) is 4.68. The van der Waals surface area contributed by atoms with Crippen molar-refractivity contribution in [3.63, 3.8) is 0 Å². The number of aryl methyl sites for hydroxylation is 1. The lowest BCUT2D eigenvalue weighted by Crippen LogP contribution is -2.56. The highest BCUT2D eigenvalue weighted by Gasteiger charge is 2.39. The first-order valence-corrected chi connectivity index (χ1v) is 11.3. The van der Waals surface area contributed by atoms with Gasteiger partial charge in [0.1, 0.15) is 17.4 Å². The molecular weight excluding hydrogens is 433 g/mol. The van der Waals surface area contributed by atoms with Crippen molar-refractivity contribution in [3.05, 3.63) is 83.2 Å². The summed E-state index contributed by atoms with van der Waals surface area (Å²) in [5.74, 6) is 1.29. The standard InChI is InChI=1S/C26H28FN5O2/c1-17-15-31(16-29-17)22-9-4-18(13-24(22)34-3)12-20-10-11-30(2)32-25(23(33)14-28-26(20)32)19-5-7-21(27)8-6-19/h4-9,12-13,15-16,23,25,33H,10-11,14H2,1-3H3. The summed E-state index contributed by atoms with van der Waals surface area (Å²) in [6.07, 6.45) is 6.00. The van der Waals surface area contributed by atoms with Crippen LogP contribution in [-0.4, -0.2) is 63.9 Å². The molecule has 2 atom stereocenters. The van der Waals surface area contributed by atoms with Gasteiger partial charge in [-0.05, 0) is 60.4 Å². The molecule has 1 fully saturated rings. The summed E-state index contributed by atoms with van der Waals surface area (Å²) < 4.78 is 21.1. The van der Waals surface area contributed by atoms with Gasteiger partial charge in [0.05, 0.1) is 43.5 Å². The van der Waals surface area contributed by atoms with Crippen LogP contribution >= 0.6 is 0 Å². The van der Waals surface area contributed by atoms with Crippen LogP contribution in [0.15, 0.2) is 65.6 Å². The molecule has 2 aliphatic heterocycles. The second-order valence-electron chi connectivity index (χ2n) is 8.73. The molecule has 7 nitrogen and oxygen atoms in total. The Balaban J connectivity index is 1.50. The minimum atomic E-state index is -0.686. The van der Waals surface area contributed by atoms with Crippen LogP contribution in [0.5, 0.6) is 5.75 Å². The smallest absolute Gasteiger partial charge is 0.143 e. The summed E-state index contributed by atoms with van der Waals surface area (Å²) in [5, 5.41) is 14.9. The number of hydrogen-bond donors (Lipinski definition) is 1. The molecule has 3 heterocycles. The number of aliphatic hydroxyl groups excluding tert-OH is 1. The number of amidine groups is 1. The first kappa shape index (κ1) is 22.3. The van der Waals surface area contributed by atoms with Crippen molar-refractivity contribution in [2.75, 3.05) is 27.2 Å². The minimum absolute atomic E-state index is 0.293. The van der Waals surface area contributed by atoms with E-state index in [0.717, 1.165) is 52.6 Å². The van der Waals surface area contributed by atoms with Crippen LogP contribution in [0.3, 0.4) is 0 Å². The third-order valence-corrected chi connectivity index (χ3v) is 6.38. The lowest BCUT2D eigenvalue weighted by Gasteiger charge is -2.48. The van der Waals surface area contributed by atoms with E-state index in [-0.39, 0.29) is 11.9 Å². The number of imidazole rings is 1. The monoisotopic (exact) mass is 461 g/mol. The van der Waals surface area contributed by atoms with Crippen LogP contribution in [0.2, 0.25) is 0 Å². The third kappa shape index (κ3) is 4.10. The number of halogens is 1. The Morgan fingerprint density at radius 3 is 2.68 bits per heavy atom. The van der Waals surface area contributed by atoms with Crippen LogP contribution in [-0.2, 0) is 0 Å². The van der Waals surface area contributed by atoms with Crippen molar-refractivity contribution >= 4 is 11.9 Å². The minimum Gasteiger partial charge on any atom is -0.495 e. The maximum absolute atomic E-state index is 13.5. The van der Waals surface area contributed by atoms with Crippen molar-refractivity contribution in [1.29, 1.82) is 0 Å². The molecule has 1 aromatic heterocycles. The van der Waals surface area contributed by atoms with E-state index < -0.39 is 6.10 Å². The second-order valence-corrected chi connectivity index (χ2v) is 8.73. The van der Waals surface area contributed by atoms with Crippen molar-refractivity contribution in [1.82, 2.24) is 19.6 Å². The van der Waals surface area contributed by atoms with Crippen molar-refractivity contribution in [2.45, 2.75) is 25.5 Å². The molecule has 0 saturated carbocycles. The Morgan fingerprint density at radius 1 is 1.18 bits per heavy atom. The summed E-state index contributed by atoms with van der Waals surface area (Å²) in [5.41, 5.74) is 4.81. The Morgan fingerprint density at radius 2 is 1.97 bits per heavy atom. The van der Waals surface area contributed by atoms with E-state index in [4.69, 9.17) is 9.73 Å². The highest BCUT2D eigenvalue weighted by molar-refractivity contribution is 6.03. The summed E-state index contributed by atoms with van der Waals surface area (Å²) in [6, 6.07) is 12.1. The molecule has 0 radical (unpaired) electrons. The number of hydrazine groups is 1. The SMILES string of the molecule is COc1cc(C=C2CCN(C)N3C2=NCC(O)C3c2ccc(F)cc2)ccc1-n1cnc(C)c1. The van der Waals surface area contributed by atoms with Gasteiger partial charge < -0.3 is 14.4 Å². The number of fused-ring (bicyclic) bond motifs is 1. The Kier molecular flexibility index (Phi) is 5.93. The first-order valence-electron chi connectivity index (χ1n) is 11.3. The molecule has 0 bridgehead atoms. The maximum Gasteiger partial charge on any atom is 0.143 e. The van der Waals surface area contributed by atoms with E-state index in [1.807, 2.05) is 41.9 Å². The van der Waals surface area contributed by atoms with Gasteiger partial charge in [-0.1, -0.05) is 18.2 Å². The van der Waals surface area contributed by atoms with Crippen LogP contribution in [0.25, 0.3) is 11.8 Å². The number of benzene rings is 2. The zero-order valence-electron chi connectivity index (χ0n) is 19.5. The van der Waals surface area contributed by atoms with Crippen LogP contribution in [0.4, 0.5) is 4.39 Å². The summed E-state index contributed by atoms with van der Waals surface area (Å²) >= 11 is 0. The van der Waals surface area contributed by atoms with Gasteiger partial charge in [-0.25, -0.2) is 14.4 Å². The fourth-order valence-electron chi connectivity index (χ4n) is 4.68. The number of methoxy groups -OCH3 is 1. The van der Waals surface area contributed by atoms with Gasteiger partial charge in [0.2, 0.25) is 0 Å². The molecule has 3 aromatic rings. The molecule has 2 unspecified atom stereocenters. The second kappa shape index (κ2) is 9.04. The summed E-state index contributed by atoms with van der Waals surface area (Å²) in [6.45, 7) is 3.02. The molecule has 8 heteroatoms. The predicted octanol–water partition coefficient (Wildman–Crippen LogP) is 3.78. The Bertz CT molecular complexity index is 1250. The highest BCUT2D eigenvalue weighted by Crippen LogP contribution is 2.35. The molecule has 34 heavy (non-hydrogen) atoms. The Hall–Kier alpha value is -3.49. The lowest BCUT2D eigenvalue weighted by atomic mass is 9.95. The molecule has 0 aliphatic carbocycles. The van der Waals surface area contributed by atoms with E-state index in [1.54, 1.807) is 25.6 Å². The molecule has 0 amide bonds. The number of hydrogen-bond acceptors (Lipinski definition) is 6. The summed E-state index contributed by atoms with van der Waals surface area (Å²) in [7, 11) is 3.66. The van der Waals surface area contributed by atoms with E-state index in [9.17, 15) is 9.50 Å². The van der Waals surface area contributed by atoms with Gasteiger partial charge >= 0.3 is 0 Å². The van der Waals surface area contributed by atoms with E-state index >= 15 is 0 Å². The fraction of sp³-hybridized carbons (Fsp3) is 0.308. The molecule has 5 rings (SSSR count). The largest absolute Gasteiger partial charge is 0.495 e. The van der Waals surface area contributed by atoms with Gasteiger partial charge in [0.25, 0.3) is 0 Å². The average molecular weight is 462 g/mol. The van der Waals surface area contributed by atoms with Gasteiger partial charge in [0, 0.05) is 19.8 Å². The quantitative estimate of drug-likeness (QED) is 0.641. The van der Waals surface area contributed by atoms with Crippen molar-refractivity contribution < 1.29 is 14.2 Å². The zero-order chi connectivity index (χ0) is 23.8. The van der Waals surface area contributed by atoms with Gasteiger partial charge in [-0.2, -0.15) is 0 Å². The first-order chi connectivity index (χ1) is 16.4. The van der Waals surface area contributed by atoms with Crippen molar-refractivity contribution in [2.24, 2.45) is 4.99 Å². The van der Waals surface area contributed by atoms with E-state index in [1.165, 1.54) is 12.1 Å². The van der Waals surface area contributed by atoms with Crippen molar-refractivity contribution in [3.8, 4) is 11.4 Å². The van der Waals surface area contributed by atoms with E-state index in [2.05, 4.69) is 22.1 Å². The Labute approximate surface area is 198 Å². The number of aliphatic imine (C=N–C) groups is 1. The van der Waals surface area contributed by atoms with Gasteiger partial charge in [0.15, 0.2) is 0 Å². The molecule has 2 aromatic carbocycles. The van der Waals surface area contributed by atoms with Gasteiger partial charge in [-0.15, -0.1) is 0 Å². The number of ether oxygens (including phenoxy) is 1. The topological polar surface area (TPSA) is 66.1 Å². The number of nitrogens with zero attached hydrogens (tertiary/aromatic N) is 5. The molecule has 0 spiro atoms. The van der Waals surface area contributed by atoms with Crippen LogP contribution in [0, 0.1) is 12.7 Å². The normalized spacial score (nSPS) is 22.0. The summed E-state index contributed by atoms with van der Waals surface area (Å²) in [4.78, 5) is 9.04. The van der Waals surface area contributed by atoms with Crippen LogP contribution < -0.4 is 4.74 Å². The highest BCUT2D eigenvalue weighted by atomic mass is 19.1. The predicted molar refractivity (Wildman–Crippen MR) is 129 cm³/mol. The average Bonchev–Trinajstić information content (AvgIpc) is 3.27. The van der Waals surface area contributed by atoms with E-state index in [0.29, 0.717) is 6.54 Å². The lowest BCUT2D eigenvalue weighted by molar-refractivity contribution is -0.0383.